The standard InChI is InChI=1S/C20H25N/c1-15-6-5-7-17(12-15)11-10-16(2)21-14-19-13-18-8-3-4-9-20(18)19/h3-9,12,16,19,21H,10-11,13-14H2,1-2H3. The van der Waals surface area contributed by atoms with E-state index in [0.717, 1.165) is 18.9 Å². The van der Waals surface area contributed by atoms with E-state index in [4.69, 9.17) is 0 Å². The van der Waals surface area contributed by atoms with Gasteiger partial charge in [0, 0.05) is 18.5 Å². The van der Waals surface area contributed by atoms with Crippen LogP contribution in [-0.4, -0.2) is 12.6 Å². The third kappa shape index (κ3) is 3.54. The molecule has 0 radical (unpaired) electrons. The molecule has 21 heavy (non-hydrogen) atoms. The van der Waals surface area contributed by atoms with Gasteiger partial charge in [0.1, 0.15) is 0 Å². The van der Waals surface area contributed by atoms with Crippen LogP contribution in [0.25, 0.3) is 0 Å². The van der Waals surface area contributed by atoms with E-state index in [1.54, 1.807) is 5.56 Å². The summed E-state index contributed by atoms with van der Waals surface area (Å²) in [6.45, 7) is 5.59. The van der Waals surface area contributed by atoms with Crippen molar-refractivity contribution < 1.29 is 0 Å². The highest BCUT2D eigenvalue weighted by Crippen LogP contribution is 2.34. The molecule has 1 heteroatoms. The summed E-state index contributed by atoms with van der Waals surface area (Å²) in [4.78, 5) is 0. The molecule has 0 saturated carbocycles. The molecule has 1 N–H and O–H groups in total. The normalized spacial score (nSPS) is 17.9. The molecule has 110 valence electrons. The molecule has 1 nitrogen and oxygen atoms in total. The van der Waals surface area contributed by atoms with Crippen molar-refractivity contribution in [2.75, 3.05) is 6.54 Å². The highest BCUT2D eigenvalue weighted by molar-refractivity contribution is 5.40. The summed E-state index contributed by atoms with van der Waals surface area (Å²) in [5.74, 6) is 0.725. The number of fused-ring (bicyclic) bond motifs is 1. The average Bonchev–Trinajstić information content (AvgIpc) is 2.46. The van der Waals surface area contributed by atoms with Gasteiger partial charge in [0.25, 0.3) is 0 Å². The summed E-state index contributed by atoms with van der Waals surface area (Å²) >= 11 is 0. The molecular weight excluding hydrogens is 254 g/mol. The molecule has 0 bridgehead atoms. The van der Waals surface area contributed by atoms with Crippen LogP contribution < -0.4 is 5.32 Å². The molecule has 0 spiro atoms. The smallest absolute Gasteiger partial charge is 0.00421 e. The first-order valence-electron chi connectivity index (χ1n) is 8.09. The first-order chi connectivity index (χ1) is 10.2. The van der Waals surface area contributed by atoms with Crippen LogP contribution in [0.3, 0.4) is 0 Å². The Morgan fingerprint density at radius 3 is 2.81 bits per heavy atom. The Morgan fingerprint density at radius 2 is 2.00 bits per heavy atom. The summed E-state index contributed by atoms with van der Waals surface area (Å²) in [5, 5.41) is 3.71. The molecular formula is C20H25N. The van der Waals surface area contributed by atoms with Crippen molar-refractivity contribution >= 4 is 0 Å². The molecule has 2 aromatic carbocycles. The van der Waals surface area contributed by atoms with Crippen LogP contribution >= 0.6 is 0 Å². The Bertz CT molecular complexity index is 602. The minimum atomic E-state index is 0.582. The quantitative estimate of drug-likeness (QED) is 0.833. The molecule has 0 heterocycles. The Hall–Kier alpha value is -1.60. The number of nitrogens with one attached hydrogen (secondary N) is 1. The molecule has 3 rings (SSSR count). The van der Waals surface area contributed by atoms with Crippen LogP contribution in [0.1, 0.15) is 41.5 Å². The van der Waals surface area contributed by atoms with Gasteiger partial charge in [0.15, 0.2) is 0 Å². The van der Waals surface area contributed by atoms with E-state index in [-0.39, 0.29) is 0 Å². The highest BCUT2D eigenvalue weighted by Gasteiger charge is 2.25. The highest BCUT2D eigenvalue weighted by atomic mass is 14.9. The lowest BCUT2D eigenvalue weighted by Gasteiger charge is -2.31. The van der Waals surface area contributed by atoms with Gasteiger partial charge < -0.3 is 5.32 Å². The van der Waals surface area contributed by atoms with Crippen molar-refractivity contribution in [1.29, 1.82) is 0 Å². The Kier molecular flexibility index (Phi) is 4.40. The third-order valence-electron chi connectivity index (χ3n) is 4.62. The van der Waals surface area contributed by atoms with Crippen LogP contribution in [0.5, 0.6) is 0 Å². The second-order valence-electron chi connectivity index (χ2n) is 6.44. The molecule has 0 aliphatic heterocycles. The van der Waals surface area contributed by atoms with Gasteiger partial charge in [-0.05, 0) is 49.8 Å². The van der Waals surface area contributed by atoms with Crippen molar-refractivity contribution in [2.24, 2.45) is 0 Å². The van der Waals surface area contributed by atoms with Gasteiger partial charge in [-0.2, -0.15) is 0 Å². The molecule has 0 amide bonds. The third-order valence-corrected chi connectivity index (χ3v) is 4.62. The second kappa shape index (κ2) is 6.44. The summed E-state index contributed by atoms with van der Waals surface area (Å²) < 4.78 is 0. The molecule has 2 aromatic rings. The predicted octanol–water partition coefficient (Wildman–Crippen LogP) is 4.25. The molecule has 2 unspecified atom stereocenters. The maximum atomic E-state index is 3.71. The molecule has 0 saturated heterocycles. The summed E-state index contributed by atoms with van der Waals surface area (Å²) in [7, 11) is 0. The first kappa shape index (κ1) is 14.3. The van der Waals surface area contributed by atoms with E-state index in [1.165, 1.54) is 29.5 Å². The van der Waals surface area contributed by atoms with Crippen molar-refractivity contribution in [3.8, 4) is 0 Å². The van der Waals surface area contributed by atoms with Gasteiger partial charge >= 0.3 is 0 Å². The summed E-state index contributed by atoms with van der Waals surface area (Å²) in [5.41, 5.74) is 5.91. The second-order valence-corrected chi connectivity index (χ2v) is 6.44. The van der Waals surface area contributed by atoms with Crippen molar-refractivity contribution in [3.05, 3.63) is 70.8 Å². The van der Waals surface area contributed by atoms with E-state index in [1.807, 2.05) is 0 Å². The zero-order chi connectivity index (χ0) is 14.7. The van der Waals surface area contributed by atoms with E-state index < -0.39 is 0 Å². The van der Waals surface area contributed by atoms with Gasteiger partial charge in [0.2, 0.25) is 0 Å². The Morgan fingerprint density at radius 1 is 1.14 bits per heavy atom. The fraction of sp³-hybridized carbons (Fsp3) is 0.400. The first-order valence-corrected chi connectivity index (χ1v) is 8.09. The van der Waals surface area contributed by atoms with Crippen LogP contribution in [-0.2, 0) is 12.8 Å². The Labute approximate surface area is 128 Å². The zero-order valence-corrected chi connectivity index (χ0v) is 13.1. The largest absolute Gasteiger partial charge is 0.314 e. The fourth-order valence-corrected chi connectivity index (χ4v) is 3.24. The van der Waals surface area contributed by atoms with Gasteiger partial charge in [-0.1, -0.05) is 54.1 Å². The average molecular weight is 279 g/mol. The lowest BCUT2D eigenvalue weighted by atomic mass is 9.77. The predicted molar refractivity (Wildman–Crippen MR) is 89.9 cm³/mol. The monoisotopic (exact) mass is 279 g/mol. The van der Waals surface area contributed by atoms with Gasteiger partial charge in [-0.3, -0.25) is 0 Å². The molecule has 2 atom stereocenters. The van der Waals surface area contributed by atoms with Gasteiger partial charge in [-0.15, -0.1) is 0 Å². The van der Waals surface area contributed by atoms with E-state index in [2.05, 4.69) is 67.7 Å². The van der Waals surface area contributed by atoms with Gasteiger partial charge in [-0.25, -0.2) is 0 Å². The lowest BCUT2D eigenvalue weighted by Crippen LogP contribution is -2.34. The van der Waals surface area contributed by atoms with Crippen LogP contribution in [0.2, 0.25) is 0 Å². The number of aryl methyl sites for hydroxylation is 2. The van der Waals surface area contributed by atoms with Crippen LogP contribution in [0.15, 0.2) is 48.5 Å². The van der Waals surface area contributed by atoms with Gasteiger partial charge in [0.05, 0.1) is 0 Å². The van der Waals surface area contributed by atoms with Crippen molar-refractivity contribution in [2.45, 2.75) is 45.1 Å². The van der Waals surface area contributed by atoms with Crippen LogP contribution in [0.4, 0.5) is 0 Å². The van der Waals surface area contributed by atoms with Crippen molar-refractivity contribution in [3.63, 3.8) is 0 Å². The molecule has 0 aromatic heterocycles. The number of benzene rings is 2. The van der Waals surface area contributed by atoms with E-state index in [0.29, 0.717) is 6.04 Å². The maximum absolute atomic E-state index is 3.71. The number of rotatable bonds is 6. The van der Waals surface area contributed by atoms with Crippen LogP contribution in [0, 0.1) is 6.92 Å². The van der Waals surface area contributed by atoms with E-state index in [9.17, 15) is 0 Å². The minimum absolute atomic E-state index is 0.582. The van der Waals surface area contributed by atoms with Crippen molar-refractivity contribution in [1.82, 2.24) is 5.32 Å². The molecule has 1 aliphatic rings. The molecule has 1 aliphatic carbocycles. The summed E-state index contributed by atoms with van der Waals surface area (Å²) in [6, 6.07) is 18.3. The zero-order valence-electron chi connectivity index (χ0n) is 13.1. The molecule has 0 fully saturated rings. The maximum Gasteiger partial charge on any atom is 0.00421 e. The fourth-order valence-electron chi connectivity index (χ4n) is 3.24. The number of hydrogen-bond donors (Lipinski definition) is 1. The lowest BCUT2D eigenvalue weighted by molar-refractivity contribution is 0.461. The topological polar surface area (TPSA) is 12.0 Å². The van der Waals surface area contributed by atoms with E-state index >= 15 is 0 Å². The SMILES string of the molecule is Cc1cccc(CCC(C)NCC2Cc3ccccc32)c1. The Balaban J connectivity index is 1.42. The minimum Gasteiger partial charge on any atom is -0.314 e. The number of hydrogen-bond acceptors (Lipinski definition) is 1. The summed E-state index contributed by atoms with van der Waals surface area (Å²) in [6.07, 6.45) is 3.61.